The van der Waals surface area contributed by atoms with Crippen molar-refractivity contribution in [2.75, 3.05) is 0 Å². The molecule has 1 aromatic carbocycles. The van der Waals surface area contributed by atoms with Crippen LogP contribution in [0.4, 0.5) is 0 Å². The van der Waals surface area contributed by atoms with E-state index < -0.39 is 0 Å². The average molecular weight is 279 g/mol. The molecule has 1 aromatic rings. The molecule has 0 aliphatic carbocycles. The van der Waals surface area contributed by atoms with E-state index in [2.05, 4.69) is 10.6 Å². The minimum atomic E-state index is -0.0414. The number of amides is 1. The standard InChI is InChI=1S/C15H19ClN2O/c1-9(11-4-2-3-5-13(11)16)17-15(19)12-8-10-6-7-14(12)18-10/h2-5,9-10,12,14,18H,6-8H2,1H3,(H,17,19). The van der Waals surface area contributed by atoms with Crippen molar-refractivity contribution in [1.82, 2.24) is 10.6 Å². The van der Waals surface area contributed by atoms with Crippen molar-refractivity contribution in [3.63, 3.8) is 0 Å². The summed E-state index contributed by atoms with van der Waals surface area (Å²) in [5, 5.41) is 7.31. The Hall–Kier alpha value is -1.06. The zero-order chi connectivity index (χ0) is 13.4. The highest BCUT2D eigenvalue weighted by Crippen LogP contribution is 2.34. The molecule has 4 atom stereocenters. The highest BCUT2D eigenvalue weighted by Gasteiger charge is 2.42. The number of halogens is 1. The number of fused-ring (bicyclic) bond motifs is 2. The van der Waals surface area contributed by atoms with Gasteiger partial charge in [0.2, 0.25) is 5.91 Å². The molecule has 2 saturated heterocycles. The van der Waals surface area contributed by atoms with Crippen molar-refractivity contribution in [2.24, 2.45) is 5.92 Å². The summed E-state index contributed by atoms with van der Waals surface area (Å²) in [6, 6.07) is 8.56. The van der Waals surface area contributed by atoms with E-state index in [0.29, 0.717) is 17.1 Å². The van der Waals surface area contributed by atoms with Crippen LogP contribution in [0.2, 0.25) is 5.02 Å². The Balaban J connectivity index is 1.65. The molecule has 2 aliphatic heterocycles. The summed E-state index contributed by atoms with van der Waals surface area (Å²) in [5.74, 6) is 0.288. The van der Waals surface area contributed by atoms with E-state index in [4.69, 9.17) is 11.6 Å². The molecule has 1 amide bonds. The third kappa shape index (κ3) is 2.49. The molecule has 4 heteroatoms. The molecule has 4 unspecified atom stereocenters. The lowest BCUT2D eigenvalue weighted by Crippen LogP contribution is -2.38. The molecule has 19 heavy (non-hydrogen) atoms. The summed E-state index contributed by atoms with van der Waals surface area (Å²) >= 11 is 6.16. The Labute approximate surface area is 118 Å². The number of carbonyl (C=O) groups is 1. The lowest BCUT2D eigenvalue weighted by Gasteiger charge is -2.23. The molecule has 0 saturated carbocycles. The Kier molecular flexibility index (Phi) is 3.50. The first kappa shape index (κ1) is 12.9. The van der Waals surface area contributed by atoms with Crippen molar-refractivity contribution in [1.29, 1.82) is 0 Å². The average Bonchev–Trinajstić information content (AvgIpc) is 3.01. The fourth-order valence-electron chi connectivity index (χ4n) is 3.34. The maximum atomic E-state index is 12.3. The van der Waals surface area contributed by atoms with E-state index in [1.807, 2.05) is 31.2 Å². The maximum absolute atomic E-state index is 12.3. The first-order chi connectivity index (χ1) is 9.15. The van der Waals surface area contributed by atoms with Gasteiger partial charge in [0.05, 0.1) is 12.0 Å². The van der Waals surface area contributed by atoms with Crippen LogP contribution in [-0.2, 0) is 4.79 Å². The van der Waals surface area contributed by atoms with Gasteiger partial charge < -0.3 is 10.6 Å². The van der Waals surface area contributed by atoms with Crippen LogP contribution in [0.1, 0.15) is 37.8 Å². The van der Waals surface area contributed by atoms with E-state index in [9.17, 15) is 4.79 Å². The van der Waals surface area contributed by atoms with Crippen LogP contribution in [0, 0.1) is 5.92 Å². The van der Waals surface area contributed by atoms with Gasteiger partial charge in [-0.3, -0.25) is 4.79 Å². The molecule has 0 radical (unpaired) electrons. The van der Waals surface area contributed by atoms with Crippen molar-refractivity contribution >= 4 is 17.5 Å². The summed E-state index contributed by atoms with van der Waals surface area (Å²) in [6.07, 6.45) is 3.32. The fourth-order valence-corrected chi connectivity index (χ4v) is 3.64. The zero-order valence-corrected chi connectivity index (χ0v) is 11.8. The molecule has 2 fully saturated rings. The highest BCUT2D eigenvalue weighted by molar-refractivity contribution is 6.31. The first-order valence-corrected chi connectivity index (χ1v) is 7.34. The van der Waals surface area contributed by atoms with Crippen LogP contribution >= 0.6 is 11.6 Å². The molecule has 2 heterocycles. The maximum Gasteiger partial charge on any atom is 0.225 e. The molecule has 3 nitrogen and oxygen atoms in total. The van der Waals surface area contributed by atoms with Gasteiger partial charge in [-0.15, -0.1) is 0 Å². The summed E-state index contributed by atoms with van der Waals surface area (Å²) in [4.78, 5) is 12.3. The SMILES string of the molecule is CC(NC(=O)C1CC2CCC1N2)c1ccccc1Cl. The van der Waals surface area contributed by atoms with Gasteiger partial charge in [-0.05, 0) is 37.8 Å². The van der Waals surface area contributed by atoms with Gasteiger partial charge in [-0.2, -0.15) is 0 Å². The van der Waals surface area contributed by atoms with Crippen LogP contribution in [0.25, 0.3) is 0 Å². The highest BCUT2D eigenvalue weighted by atomic mass is 35.5. The van der Waals surface area contributed by atoms with Gasteiger partial charge in [0.25, 0.3) is 0 Å². The van der Waals surface area contributed by atoms with Crippen LogP contribution < -0.4 is 10.6 Å². The second-order valence-electron chi connectivity index (χ2n) is 5.64. The van der Waals surface area contributed by atoms with Crippen molar-refractivity contribution in [3.8, 4) is 0 Å². The molecule has 2 bridgehead atoms. The third-order valence-corrected chi connectivity index (χ3v) is 4.71. The predicted molar refractivity (Wildman–Crippen MR) is 76.1 cm³/mol. The van der Waals surface area contributed by atoms with Crippen LogP contribution in [-0.4, -0.2) is 18.0 Å². The lowest BCUT2D eigenvalue weighted by atomic mass is 9.88. The Morgan fingerprint density at radius 2 is 2.21 bits per heavy atom. The van der Waals surface area contributed by atoms with Gasteiger partial charge in [0.1, 0.15) is 0 Å². The number of benzene rings is 1. The molecular weight excluding hydrogens is 260 g/mol. The van der Waals surface area contributed by atoms with Crippen molar-refractivity contribution in [3.05, 3.63) is 34.9 Å². The van der Waals surface area contributed by atoms with E-state index in [-0.39, 0.29) is 17.9 Å². The Bertz CT molecular complexity index is 491. The van der Waals surface area contributed by atoms with Crippen LogP contribution in [0.15, 0.2) is 24.3 Å². The quantitative estimate of drug-likeness (QED) is 0.892. The van der Waals surface area contributed by atoms with Gasteiger partial charge in [-0.25, -0.2) is 0 Å². The summed E-state index contributed by atoms with van der Waals surface area (Å²) in [5.41, 5.74) is 0.980. The third-order valence-electron chi connectivity index (χ3n) is 4.37. The summed E-state index contributed by atoms with van der Waals surface area (Å²) < 4.78 is 0. The monoisotopic (exact) mass is 278 g/mol. The van der Waals surface area contributed by atoms with Crippen molar-refractivity contribution in [2.45, 2.75) is 44.3 Å². The largest absolute Gasteiger partial charge is 0.349 e. The van der Waals surface area contributed by atoms with E-state index in [0.717, 1.165) is 18.4 Å². The number of nitrogens with one attached hydrogen (secondary N) is 2. The zero-order valence-electron chi connectivity index (χ0n) is 11.0. The Morgan fingerprint density at radius 1 is 1.42 bits per heavy atom. The van der Waals surface area contributed by atoms with Gasteiger partial charge in [0, 0.05) is 17.1 Å². The second-order valence-corrected chi connectivity index (χ2v) is 6.05. The minimum Gasteiger partial charge on any atom is -0.349 e. The molecular formula is C15H19ClN2O. The van der Waals surface area contributed by atoms with E-state index in [1.54, 1.807) is 0 Å². The van der Waals surface area contributed by atoms with Gasteiger partial charge >= 0.3 is 0 Å². The van der Waals surface area contributed by atoms with E-state index >= 15 is 0 Å². The summed E-state index contributed by atoms with van der Waals surface area (Å²) in [7, 11) is 0. The fraction of sp³-hybridized carbons (Fsp3) is 0.533. The number of hydrogen-bond donors (Lipinski definition) is 2. The first-order valence-electron chi connectivity index (χ1n) is 6.96. The number of rotatable bonds is 3. The smallest absolute Gasteiger partial charge is 0.225 e. The lowest BCUT2D eigenvalue weighted by molar-refractivity contribution is -0.126. The Morgan fingerprint density at radius 3 is 2.84 bits per heavy atom. The van der Waals surface area contributed by atoms with Gasteiger partial charge in [0.15, 0.2) is 0 Å². The normalized spacial score (nSPS) is 30.3. The molecule has 2 aliphatic rings. The molecule has 102 valence electrons. The molecule has 3 rings (SSSR count). The van der Waals surface area contributed by atoms with Crippen molar-refractivity contribution < 1.29 is 4.79 Å². The topological polar surface area (TPSA) is 41.1 Å². The number of carbonyl (C=O) groups excluding carboxylic acids is 1. The molecule has 2 N–H and O–H groups in total. The van der Waals surface area contributed by atoms with Crippen LogP contribution in [0.5, 0.6) is 0 Å². The predicted octanol–water partition coefficient (Wildman–Crippen LogP) is 2.66. The molecule has 0 aromatic heterocycles. The van der Waals surface area contributed by atoms with Gasteiger partial charge in [-0.1, -0.05) is 29.8 Å². The van der Waals surface area contributed by atoms with E-state index in [1.165, 1.54) is 6.42 Å². The minimum absolute atomic E-state index is 0.0414. The second kappa shape index (κ2) is 5.14. The number of hydrogen-bond acceptors (Lipinski definition) is 2. The summed E-state index contributed by atoms with van der Waals surface area (Å²) in [6.45, 7) is 1.99. The molecule has 0 spiro atoms. The van der Waals surface area contributed by atoms with Crippen LogP contribution in [0.3, 0.4) is 0 Å².